The Labute approximate surface area is 193 Å². The normalized spacial score (nSPS) is 22.8. The quantitative estimate of drug-likeness (QED) is 0.627. The zero-order valence-electron chi connectivity index (χ0n) is 18.9. The van der Waals surface area contributed by atoms with Crippen molar-refractivity contribution in [2.75, 3.05) is 19.7 Å². The van der Waals surface area contributed by atoms with Gasteiger partial charge in [0.1, 0.15) is 17.4 Å². The van der Waals surface area contributed by atoms with Crippen molar-refractivity contribution in [3.63, 3.8) is 0 Å². The highest BCUT2D eigenvalue weighted by Gasteiger charge is 2.40. The summed E-state index contributed by atoms with van der Waals surface area (Å²) in [5, 5.41) is 14.0. The highest BCUT2D eigenvalue weighted by molar-refractivity contribution is 7.89. The number of ether oxygens (including phenoxy) is 1. The molecule has 1 N–H and O–H groups in total. The number of hydrazone groups is 1. The van der Waals surface area contributed by atoms with E-state index in [1.54, 1.807) is 35.9 Å². The van der Waals surface area contributed by atoms with Crippen LogP contribution < -0.4 is 4.74 Å². The first-order valence-electron chi connectivity index (χ1n) is 11.0. The summed E-state index contributed by atoms with van der Waals surface area (Å²) in [7, 11) is -3.64. The van der Waals surface area contributed by atoms with E-state index < -0.39 is 21.9 Å². The zero-order valence-corrected chi connectivity index (χ0v) is 19.7. The van der Waals surface area contributed by atoms with Gasteiger partial charge in [-0.2, -0.15) is 4.31 Å². The van der Waals surface area contributed by atoms with Crippen LogP contribution in [0.3, 0.4) is 0 Å². The maximum atomic E-state index is 13.2. The Morgan fingerprint density at radius 3 is 2.61 bits per heavy atom. The van der Waals surface area contributed by atoms with Crippen molar-refractivity contribution in [1.29, 1.82) is 0 Å². The topological polar surface area (TPSA) is 99.3 Å². The molecule has 0 saturated carbocycles. The van der Waals surface area contributed by atoms with Crippen molar-refractivity contribution in [3.05, 3.63) is 54.1 Å². The maximum Gasteiger partial charge on any atom is 0.312 e. The van der Waals surface area contributed by atoms with Gasteiger partial charge in [-0.05, 0) is 50.1 Å². The molecule has 0 aliphatic carbocycles. The molecule has 3 atom stereocenters. The number of sulfonamides is 1. The van der Waals surface area contributed by atoms with Crippen LogP contribution in [0.1, 0.15) is 26.3 Å². The lowest BCUT2D eigenvalue weighted by Gasteiger charge is -2.16. The summed E-state index contributed by atoms with van der Waals surface area (Å²) < 4.78 is 35.0. The average Bonchev–Trinajstić information content (AvgIpc) is 3.35. The number of hydrogen-bond acceptors (Lipinski definition) is 5. The standard InChI is InChI=1S/C24H27N3O5S/c1-4-32-19-9-11-20(12-10-19)33(30,31)26-13-16(2)18(14-26)15-27-22-8-6-5-7-21(22)23(25-27)17(3)24(28)29/h5-12,15-18H,4,13-14H2,1-3H3/p+1/b27-15+/t16-,17?,18?/m1/s1. The van der Waals surface area contributed by atoms with Crippen LogP contribution in [0.5, 0.6) is 5.75 Å². The molecule has 2 aliphatic rings. The minimum Gasteiger partial charge on any atom is -0.494 e. The number of fused-ring (bicyclic) bond motifs is 1. The van der Waals surface area contributed by atoms with Crippen molar-refractivity contribution < 1.29 is 27.7 Å². The molecule has 0 bridgehead atoms. The number of nitrogens with zero attached hydrogens (tertiary/aromatic N) is 3. The lowest BCUT2D eigenvalue weighted by Crippen LogP contribution is -2.29. The number of aliphatic carboxylic acids is 1. The first-order valence-corrected chi connectivity index (χ1v) is 12.4. The number of benzene rings is 2. The fraction of sp³-hybridized carbons (Fsp3) is 0.375. The monoisotopic (exact) mass is 470 g/mol. The summed E-state index contributed by atoms with van der Waals surface area (Å²) in [6, 6.07) is 14.0. The van der Waals surface area contributed by atoms with Gasteiger partial charge in [-0.1, -0.05) is 23.7 Å². The maximum absolute atomic E-state index is 13.2. The smallest absolute Gasteiger partial charge is 0.312 e. The van der Waals surface area contributed by atoms with Crippen molar-refractivity contribution in [1.82, 2.24) is 4.31 Å². The Morgan fingerprint density at radius 2 is 1.94 bits per heavy atom. The van der Waals surface area contributed by atoms with Gasteiger partial charge in [0.05, 0.1) is 23.0 Å². The molecule has 9 heteroatoms. The van der Waals surface area contributed by atoms with Gasteiger partial charge >= 0.3 is 5.97 Å². The molecule has 2 unspecified atom stereocenters. The van der Waals surface area contributed by atoms with Crippen LogP contribution >= 0.6 is 0 Å². The second-order valence-corrected chi connectivity index (χ2v) is 10.4. The van der Waals surface area contributed by atoms with Gasteiger partial charge in [0, 0.05) is 24.3 Å². The van der Waals surface area contributed by atoms with E-state index in [2.05, 4.69) is 5.10 Å². The number of carbonyl (C=O) groups is 1. The molecule has 33 heavy (non-hydrogen) atoms. The molecule has 8 nitrogen and oxygen atoms in total. The Bertz CT molecular complexity index is 1220. The summed E-state index contributed by atoms with van der Waals surface area (Å²) in [4.78, 5) is 11.8. The van der Waals surface area contributed by atoms with Crippen LogP contribution in [0.25, 0.3) is 0 Å². The predicted octanol–water partition coefficient (Wildman–Crippen LogP) is 3.20. The highest BCUT2D eigenvalue weighted by Crippen LogP contribution is 2.32. The van der Waals surface area contributed by atoms with E-state index in [9.17, 15) is 18.3 Å². The fourth-order valence-corrected chi connectivity index (χ4v) is 5.78. The molecule has 2 aromatic rings. The van der Waals surface area contributed by atoms with Gasteiger partial charge in [0.25, 0.3) is 0 Å². The highest BCUT2D eigenvalue weighted by atomic mass is 32.2. The number of hydrogen-bond donors (Lipinski definition) is 1. The van der Waals surface area contributed by atoms with Crippen LogP contribution in [-0.4, -0.2) is 60.1 Å². The molecule has 0 radical (unpaired) electrons. The molecular formula is C24H28N3O5S+. The number of rotatable bonds is 7. The van der Waals surface area contributed by atoms with Crippen molar-refractivity contribution >= 4 is 33.6 Å². The van der Waals surface area contributed by atoms with Gasteiger partial charge in [0.15, 0.2) is 6.21 Å². The number of para-hydroxylation sites is 1. The van der Waals surface area contributed by atoms with E-state index in [0.29, 0.717) is 31.2 Å². The van der Waals surface area contributed by atoms with Crippen LogP contribution in [0, 0.1) is 17.8 Å². The third-order valence-corrected chi connectivity index (χ3v) is 8.01. The number of carboxylic acid groups (broad SMARTS) is 1. The Hall–Kier alpha value is -3.04. The van der Waals surface area contributed by atoms with E-state index in [-0.39, 0.29) is 16.7 Å². The fourth-order valence-electron chi connectivity index (χ4n) is 4.21. The Balaban J connectivity index is 1.59. The van der Waals surface area contributed by atoms with Crippen molar-refractivity contribution in [2.45, 2.75) is 25.7 Å². The zero-order chi connectivity index (χ0) is 23.8. The summed E-state index contributed by atoms with van der Waals surface area (Å²) in [6.07, 6.45) is 1.92. The van der Waals surface area contributed by atoms with Gasteiger partial charge in [0.2, 0.25) is 15.7 Å². The first kappa shape index (κ1) is 23.1. The lowest BCUT2D eigenvalue weighted by atomic mass is 9.98. The molecule has 0 amide bonds. The van der Waals surface area contributed by atoms with Gasteiger partial charge < -0.3 is 9.84 Å². The lowest BCUT2D eigenvalue weighted by molar-refractivity contribution is -0.438. The molecule has 4 rings (SSSR count). The number of carboxylic acids is 1. The SMILES string of the molecule is CCOc1ccc(S(=O)(=O)N2CC(/C=[N+]3/N=C(C(C)C(=O)O)c4ccccc43)[C@H](C)C2)cc1. The average molecular weight is 471 g/mol. The summed E-state index contributed by atoms with van der Waals surface area (Å²) >= 11 is 0. The van der Waals surface area contributed by atoms with E-state index in [1.165, 1.54) is 4.31 Å². The molecule has 2 aromatic carbocycles. The van der Waals surface area contributed by atoms with Crippen molar-refractivity contribution in [3.8, 4) is 5.75 Å². The molecule has 2 aliphatic heterocycles. The Morgan fingerprint density at radius 1 is 1.24 bits per heavy atom. The minimum absolute atomic E-state index is 0.0706. The molecule has 1 fully saturated rings. The van der Waals surface area contributed by atoms with Gasteiger partial charge in [-0.3, -0.25) is 4.79 Å². The second-order valence-electron chi connectivity index (χ2n) is 8.42. The molecular weight excluding hydrogens is 442 g/mol. The summed E-state index contributed by atoms with van der Waals surface area (Å²) in [5.41, 5.74) is 2.09. The predicted molar refractivity (Wildman–Crippen MR) is 125 cm³/mol. The van der Waals surface area contributed by atoms with E-state index in [1.807, 2.05) is 44.3 Å². The molecule has 2 heterocycles. The third-order valence-electron chi connectivity index (χ3n) is 6.17. The molecule has 174 valence electrons. The summed E-state index contributed by atoms with van der Waals surface area (Å²) in [5.74, 6) is -1.05. The van der Waals surface area contributed by atoms with E-state index in [0.717, 1.165) is 11.3 Å². The van der Waals surface area contributed by atoms with Crippen LogP contribution in [-0.2, 0) is 14.8 Å². The van der Waals surface area contributed by atoms with Crippen LogP contribution in [0.2, 0.25) is 0 Å². The first-order chi connectivity index (χ1) is 15.7. The van der Waals surface area contributed by atoms with Gasteiger partial charge in [-0.15, -0.1) is 0 Å². The molecule has 1 saturated heterocycles. The van der Waals surface area contributed by atoms with E-state index >= 15 is 0 Å². The van der Waals surface area contributed by atoms with Crippen LogP contribution in [0.15, 0.2) is 58.5 Å². The second kappa shape index (κ2) is 9.07. The molecule has 0 spiro atoms. The van der Waals surface area contributed by atoms with E-state index in [4.69, 9.17) is 4.74 Å². The van der Waals surface area contributed by atoms with Crippen molar-refractivity contribution in [2.24, 2.45) is 22.9 Å². The summed E-state index contributed by atoms with van der Waals surface area (Å²) in [6.45, 7) is 6.75. The largest absolute Gasteiger partial charge is 0.494 e. The third kappa shape index (κ3) is 4.43. The Kier molecular flexibility index (Phi) is 6.36. The van der Waals surface area contributed by atoms with Gasteiger partial charge in [-0.25, -0.2) is 8.42 Å². The molecule has 0 aromatic heterocycles. The van der Waals surface area contributed by atoms with Crippen LogP contribution in [0.4, 0.5) is 5.69 Å². The minimum atomic E-state index is -3.64.